The minimum atomic E-state index is -6.07. The topological polar surface area (TPSA) is 154 Å². The van der Waals surface area contributed by atoms with Gasteiger partial charge in [-0.1, -0.05) is 104 Å². The molecule has 0 aromatic heterocycles. The molecule has 27 heavy (non-hydrogen) atoms. The van der Waals surface area contributed by atoms with Crippen LogP contribution in [0.15, 0.2) is 0 Å². The van der Waals surface area contributed by atoms with Crippen molar-refractivity contribution in [2.45, 2.75) is 14.5 Å². The molecule has 0 unspecified atom stereocenters. The van der Waals surface area contributed by atoms with Crippen molar-refractivity contribution in [3.8, 4) is 0 Å². The van der Waals surface area contributed by atoms with Gasteiger partial charge in [0.15, 0.2) is 4.30 Å². The Balaban J connectivity index is -0.0000000179. The van der Waals surface area contributed by atoms with E-state index in [2.05, 4.69) is 18.8 Å². The molecule has 0 aromatic rings. The number of hydrogen-bond acceptors (Lipinski definition) is 8. The van der Waals surface area contributed by atoms with Gasteiger partial charge in [-0.2, -0.15) is 0 Å². The maximum absolute atomic E-state index is 9.38. The minimum absolute atomic E-state index is 0. The maximum atomic E-state index is 9.38. The van der Waals surface area contributed by atoms with E-state index in [0.717, 1.165) is 5.33 Å². The van der Waals surface area contributed by atoms with Crippen LogP contribution in [0.5, 0.6) is 0 Å². The average Bonchev–Trinajstić information content (AvgIpc) is 1.90. The van der Waals surface area contributed by atoms with E-state index in [-0.39, 0.29) is 179 Å². The SMILES string of the molecule is CCBr.ClC(Cl)(Cl)Cl.ClC(Cl)Cl.[Ba+2].[Ba+2].[Cl-].[Cl-].[K+].[OH-].[O]=[Cr](=[O])([O-])[O][Cr](=[O])(=[O])[O-]. The van der Waals surface area contributed by atoms with Crippen LogP contribution >= 0.6 is 97.1 Å². The van der Waals surface area contributed by atoms with E-state index in [9.17, 15) is 23.5 Å². The van der Waals surface area contributed by atoms with Crippen molar-refractivity contribution in [3.63, 3.8) is 0 Å². The van der Waals surface area contributed by atoms with Gasteiger partial charge in [0.2, 0.25) is 0 Å². The first kappa shape index (κ1) is 64.7. The summed E-state index contributed by atoms with van der Waals surface area (Å²) in [7, 11) is 0. The van der Waals surface area contributed by atoms with E-state index >= 15 is 0 Å². The van der Waals surface area contributed by atoms with E-state index in [1.165, 1.54) is 0 Å². The zero-order valence-corrected chi connectivity index (χ0v) is 36.0. The van der Waals surface area contributed by atoms with Crippen LogP contribution in [0.2, 0.25) is 0 Å². The first-order valence-corrected chi connectivity index (χ1v) is 11.8. The fourth-order valence-electron chi connectivity index (χ4n) is 0.102. The van der Waals surface area contributed by atoms with Gasteiger partial charge < -0.3 is 30.3 Å². The molecule has 158 valence electrons. The third-order valence-electron chi connectivity index (χ3n) is 0.167. The molecule has 23 heteroatoms. The molecule has 0 rings (SSSR count). The van der Waals surface area contributed by atoms with Crippen molar-refractivity contribution in [1.82, 2.24) is 0 Å². The molecule has 0 saturated heterocycles. The molecule has 0 heterocycles. The second kappa shape index (κ2) is 38.5. The predicted octanol–water partition coefficient (Wildman–Crippen LogP) is -6.91. The fourth-order valence-corrected chi connectivity index (χ4v) is 1.74. The van der Waals surface area contributed by atoms with Crippen LogP contribution < -0.4 is 84.5 Å². The molecule has 0 fully saturated rings. The van der Waals surface area contributed by atoms with Crippen molar-refractivity contribution < 1.29 is 135 Å². The monoisotopic (exact) mass is 995 g/mol. The van der Waals surface area contributed by atoms with Gasteiger partial charge in [0.1, 0.15) is 0 Å². The Morgan fingerprint density at radius 2 is 1.00 bits per heavy atom. The number of hydrogen-bond donors (Lipinski definition) is 0. The third-order valence-corrected chi connectivity index (χ3v) is 2.83. The quantitative estimate of drug-likeness (QED) is 0.196. The number of rotatable bonds is 2. The van der Waals surface area contributed by atoms with Gasteiger partial charge in [-0.3, -0.25) is 0 Å². The Hall–Kier alpha value is 7.97. The van der Waals surface area contributed by atoms with Crippen molar-refractivity contribution in [2.24, 2.45) is 0 Å². The summed E-state index contributed by atoms with van der Waals surface area (Å²) < 4.78 is 56.5. The number of alkyl halides is 8. The summed E-state index contributed by atoms with van der Waals surface area (Å²) in [5.41, 5.74) is 0. The van der Waals surface area contributed by atoms with Gasteiger partial charge in [0.25, 0.3) is 3.25 Å². The van der Waals surface area contributed by atoms with Gasteiger partial charge in [-0.05, 0) is 0 Å². The molecule has 0 radical (unpaired) electrons. The average molecular weight is 1000 g/mol. The molecular weight excluding hydrogens is 993 g/mol. The van der Waals surface area contributed by atoms with Gasteiger partial charge in [0.05, 0.1) is 0 Å². The summed E-state index contributed by atoms with van der Waals surface area (Å²) >= 11 is 24.7. The Morgan fingerprint density at radius 1 is 0.926 bits per heavy atom. The first-order chi connectivity index (χ1) is 8.85. The van der Waals surface area contributed by atoms with Crippen LogP contribution in [0.3, 0.4) is 0 Å². The van der Waals surface area contributed by atoms with E-state index in [1.54, 1.807) is 0 Å². The summed E-state index contributed by atoms with van der Waals surface area (Å²) in [5, 5.41) is 1.06. The molecule has 1 N–H and O–H groups in total. The number of halogens is 10. The van der Waals surface area contributed by atoms with Crippen molar-refractivity contribution >= 4 is 195 Å². The van der Waals surface area contributed by atoms with E-state index in [4.69, 9.17) is 81.2 Å². The summed E-state index contributed by atoms with van der Waals surface area (Å²) in [4.78, 5) is 0. The van der Waals surface area contributed by atoms with E-state index in [1.807, 2.05) is 6.92 Å². The van der Waals surface area contributed by atoms with E-state index < -0.39 is 34.8 Å². The molecule has 0 aliphatic heterocycles. The molecule has 0 spiro atoms. The predicted molar refractivity (Wildman–Crippen MR) is 84.2 cm³/mol. The van der Waals surface area contributed by atoms with Crippen molar-refractivity contribution in [1.29, 1.82) is 0 Å². The second-order valence-corrected chi connectivity index (χ2v) is 12.0. The van der Waals surface area contributed by atoms with Crippen LogP contribution in [0.25, 0.3) is 0 Å². The Labute approximate surface area is 340 Å². The normalized spacial score (nSPS) is 8.74. The Bertz CT molecular complexity index is 401. The molecule has 0 amide bonds. The fraction of sp³-hybridized carbons (Fsp3) is 1.00. The summed E-state index contributed by atoms with van der Waals surface area (Å²) in [6.07, 6.45) is 0. The van der Waals surface area contributed by atoms with Gasteiger partial charge in [-0.25, -0.2) is 0 Å². The van der Waals surface area contributed by atoms with Crippen molar-refractivity contribution in [3.05, 3.63) is 0 Å². The second-order valence-electron chi connectivity index (χ2n) is 1.83. The molecule has 8 nitrogen and oxygen atoms in total. The molecule has 0 saturated carbocycles. The van der Waals surface area contributed by atoms with Crippen LogP contribution in [0.1, 0.15) is 6.92 Å². The molecule has 0 aliphatic carbocycles. The Morgan fingerprint density at radius 3 is 1.00 bits per heavy atom. The summed E-state index contributed by atoms with van der Waals surface area (Å²) in [5.74, 6) is 0. The Kier molecular flexibility index (Phi) is 92.3. The zero-order chi connectivity index (χ0) is 18.5. The van der Waals surface area contributed by atoms with Crippen LogP contribution in [0.4, 0.5) is 0 Å². The molecule has 0 bridgehead atoms. The molecular formula is C4H7Ba2BrCl9Cr2KO8. The van der Waals surface area contributed by atoms with Gasteiger partial charge >= 0.3 is 203 Å². The van der Waals surface area contributed by atoms with Gasteiger partial charge in [0, 0.05) is 5.33 Å². The summed E-state index contributed by atoms with van der Waals surface area (Å²) in [6, 6.07) is 0. The van der Waals surface area contributed by atoms with E-state index in [0.29, 0.717) is 0 Å². The standard InChI is InChI=1S/C2H5Br.CCl4.CHCl3.2Ba.2ClH.2Cr.K.H2O.7O/c1-2-3;2-1(3,4)5;2-1(3)4;;;;;;;;;;;;;;;/h2H2,1H3;;1H;;;2*1H;;;;1H2;;;;;;;/q;;;2*+2;;;;;+1;;;;;;;2*-1/p-3. The zero-order valence-electron chi connectivity index (χ0n) is 13.1. The van der Waals surface area contributed by atoms with Crippen molar-refractivity contribution in [2.75, 3.05) is 5.33 Å². The molecule has 0 atom stereocenters. The summed E-state index contributed by atoms with van der Waals surface area (Å²) in [6.45, 7) is 2.04. The third kappa shape index (κ3) is 178. The first-order valence-electron chi connectivity index (χ1n) is 3.72. The van der Waals surface area contributed by atoms with Gasteiger partial charge in [-0.15, -0.1) is 0 Å². The molecule has 0 aliphatic rings. The van der Waals surface area contributed by atoms with Crippen LogP contribution in [-0.4, -0.2) is 116 Å². The van der Waals surface area contributed by atoms with Crippen LogP contribution in [0, 0.1) is 0 Å². The molecule has 0 aromatic carbocycles. The van der Waals surface area contributed by atoms with Crippen LogP contribution in [-0.2, 0) is 45.3 Å².